The number of hydrogen-bond acceptors (Lipinski definition) is 33. The lowest BCUT2D eigenvalue weighted by Gasteiger charge is -2.71. The first-order valence-corrected chi connectivity index (χ1v) is 35.1. The zero-order chi connectivity index (χ0) is 73.2. The van der Waals surface area contributed by atoms with Crippen molar-refractivity contribution in [2.75, 3.05) is 33.0 Å². The van der Waals surface area contributed by atoms with Gasteiger partial charge in [-0.3, -0.25) is 9.59 Å². The maximum atomic E-state index is 15.5. The molecule has 0 spiro atoms. The largest absolute Gasteiger partial charge is 0.463 e. The van der Waals surface area contributed by atoms with E-state index in [1.165, 1.54) is 6.92 Å². The molecule has 11 rings (SSSR count). The number of esters is 2. The Morgan fingerprint density at radius 3 is 1.64 bits per heavy atom. The molecule has 6 aliphatic heterocycles. The van der Waals surface area contributed by atoms with Crippen LogP contribution in [-0.4, -0.2) is 327 Å². The Labute approximate surface area is 578 Å². The van der Waals surface area contributed by atoms with Gasteiger partial charge in [0, 0.05) is 6.92 Å². The molecular weight excluding hydrogens is 1330 g/mol. The van der Waals surface area contributed by atoms with Gasteiger partial charge in [-0.2, -0.15) is 0 Å². The highest BCUT2D eigenvalue weighted by atomic mass is 16.8. The summed E-state index contributed by atoms with van der Waals surface area (Å²) in [4.78, 5) is 27.4. The summed E-state index contributed by atoms with van der Waals surface area (Å²) >= 11 is 0. The van der Waals surface area contributed by atoms with Gasteiger partial charge in [-0.05, 0) is 110 Å². The van der Waals surface area contributed by atoms with Crippen molar-refractivity contribution in [2.24, 2.45) is 50.2 Å². The molecule has 6 heterocycles. The van der Waals surface area contributed by atoms with Crippen LogP contribution in [0.15, 0.2) is 11.6 Å². The average molecular weight is 1440 g/mol. The molecule has 0 aromatic carbocycles. The molecule has 0 aromatic heterocycles. The Bertz CT molecular complexity index is 2850. The Morgan fingerprint density at radius 1 is 0.510 bits per heavy atom. The Kier molecular flexibility index (Phi) is 23.3. The van der Waals surface area contributed by atoms with Crippen molar-refractivity contribution < 1.29 is 163 Å². The molecule has 18 N–H and O–H groups in total. The van der Waals surface area contributed by atoms with Crippen LogP contribution in [0.1, 0.15) is 120 Å². The quantitative estimate of drug-likeness (QED) is 0.0368. The zero-order valence-corrected chi connectivity index (χ0v) is 57.8. The van der Waals surface area contributed by atoms with Crippen molar-refractivity contribution in [2.45, 2.75) is 310 Å². The lowest BCUT2D eigenvalue weighted by atomic mass is 9.33. The normalized spacial score (nSPS) is 53.1. The first-order valence-electron chi connectivity index (χ1n) is 35.1. The van der Waals surface area contributed by atoms with Crippen LogP contribution in [0.25, 0.3) is 0 Å². The number of carbonyl (C=O) groups is 2. The van der Waals surface area contributed by atoms with E-state index in [0.717, 1.165) is 12.5 Å². The summed E-state index contributed by atoms with van der Waals surface area (Å²) in [5.41, 5.74) is -3.23. The van der Waals surface area contributed by atoms with E-state index in [2.05, 4.69) is 54.5 Å². The Morgan fingerprint density at radius 2 is 1.04 bits per heavy atom. The molecule has 38 atom stereocenters. The van der Waals surface area contributed by atoms with Crippen molar-refractivity contribution in [1.29, 1.82) is 0 Å². The average Bonchev–Trinajstić information content (AvgIpc) is 0.671. The first kappa shape index (κ1) is 78.6. The third kappa shape index (κ3) is 13.7. The van der Waals surface area contributed by atoms with Crippen LogP contribution < -0.4 is 0 Å². The summed E-state index contributed by atoms with van der Waals surface area (Å²) in [6.07, 6.45) is -45.4. The molecule has 33 nitrogen and oxygen atoms in total. The van der Waals surface area contributed by atoms with Gasteiger partial charge in [0.05, 0.1) is 44.7 Å². The minimum atomic E-state index is -2.03. The van der Waals surface area contributed by atoms with E-state index < -0.39 is 268 Å². The van der Waals surface area contributed by atoms with Crippen LogP contribution in [0.5, 0.6) is 0 Å². The molecule has 0 unspecified atom stereocenters. The van der Waals surface area contributed by atoms with Crippen LogP contribution in [0, 0.1) is 50.2 Å². The molecule has 11 aliphatic rings. The fourth-order valence-electron chi connectivity index (χ4n) is 19.3. The highest BCUT2D eigenvalue weighted by Gasteiger charge is 2.72. The first-order chi connectivity index (χ1) is 46.8. The van der Waals surface area contributed by atoms with Gasteiger partial charge in [-0.15, -0.1) is 0 Å². The molecule has 0 aromatic rings. The third-order valence-electron chi connectivity index (χ3n) is 25.5. The van der Waals surface area contributed by atoms with Gasteiger partial charge in [-0.25, -0.2) is 0 Å². The number of rotatable bonds is 17. The SMILES string of the molecule is CC(=O)OC[C@H]1O[C@@H](OC[C@H]2O[C@@H](OC(=O)[C@]34CCC(C)(C)C[C@H]3C3=CC[C@@H]5[C@@]6(C)CC[C@H](O[C@@H]7OC[C@H](O)[C@H](O[C@@H]8O[C@H](CO)[C@@H](O)[C@H](O)[C@H]8O)[C@H]7O[C@@H]7O[C@H](CO)[C@H](O)[C@H](O)[C@H]7O)C(C)(C)[C@@H]6CC[C@@]5(C)[C@]3(C)C[C@H]4O)[C@H](O)[C@@H](O)[C@@H]2O)[C@H](O)[C@@H](O)[C@@H]1O[C@@H]1O[C@@H](C)[C@H](O)[C@@H](O)[C@H]1O. The van der Waals surface area contributed by atoms with Crippen LogP contribution in [0.3, 0.4) is 0 Å². The molecule has 0 radical (unpaired) electrons. The number of hydrogen-bond donors (Lipinski definition) is 18. The summed E-state index contributed by atoms with van der Waals surface area (Å²) in [6.45, 7) is 14.2. The van der Waals surface area contributed by atoms with Crippen LogP contribution in [0.4, 0.5) is 0 Å². The number of allylic oxidation sites excluding steroid dienone is 2. The minimum absolute atomic E-state index is 0.00802. The van der Waals surface area contributed by atoms with Crippen LogP contribution >= 0.6 is 0 Å². The van der Waals surface area contributed by atoms with Gasteiger partial charge in [0.2, 0.25) is 6.29 Å². The summed E-state index contributed by atoms with van der Waals surface area (Å²) in [6, 6.07) is 0. The van der Waals surface area contributed by atoms with Gasteiger partial charge in [0.15, 0.2) is 31.5 Å². The smallest absolute Gasteiger partial charge is 0.317 e. The number of aliphatic hydroxyl groups excluding tert-OH is 18. The lowest BCUT2D eigenvalue weighted by Crippen LogP contribution is -2.68. The number of ether oxygens (including phenoxy) is 13. The molecule has 100 heavy (non-hydrogen) atoms. The van der Waals surface area contributed by atoms with E-state index in [-0.39, 0.29) is 30.1 Å². The van der Waals surface area contributed by atoms with Gasteiger partial charge in [0.25, 0.3) is 0 Å². The highest BCUT2D eigenvalue weighted by Crippen LogP contribution is 2.76. The molecule has 4 saturated carbocycles. The summed E-state index contributed by atoms with van der Waals surface area (Å²) in [7, 11) is 0. The molecule has 5 aliphatic carbocycles. The molecule has 0 amide bonds. The lowest BCUT2D eigenvalue weighted by molar-refractivity contribution is -0.389. The summed E-state index contributed by atoms with van der Waals surface area (Å²) < 4.78 is 77.6. The van der Waals surface area contributed by atoms with Crippen molar-refractivity contribution in [3.8, 4) is 0 Å². The van der Waals surface area contributed by atoms with E-state index >= 15 is 4.79 Å². The second-order valence-corrected chi connectivity index (χ2v) is 32.2. The van der Waals surface area contributed by atoms with E-state index in [0.29, 0.717) is 44.9 Å². The Balaban J connectivity index is 0.804. The second kappa shape index (κ2) is 29.6. The van der Waals surface area contributed by atoms with Crippen molar-refractivity contribution in [3.63, 3.8) is 0 Å². The van der Waals surface area contributed by atoms with E-state index in [4.69, 9.17) is 61.6 Å². The fraction of sp³-hybridized carbons (Fsp3) is 0.940. The monoisotopic (exact) mass is 1440 g/mol. The van der Waals surface area contributed by atoms with Crippen LogP contribution in [-0.2, 0) is 71.2 Å². The molecule has 0 bridgehead atoms. The number of carbonyl (C=O) groups excluding carboxylic acids is 2. The highest BCUT2D eigenvalue weighted by molar-refractivity contribution is 5.80. The van der Waals surface area contributed by atoms with E-state index in [1.54, 1.807) is 0 Å². The van der Waals surface area contributed by atoms with Gasteiger partial charge in [0.1, 0.15) is 146 Å². The standard InChI is InChI=1S/C67H108O33/c1-25-38(73)42(77)47(82)56(91-25)98-53-33(24-88-26(2)70)95-55(51(86)46(53)81)90-23-32-41(76)45(80)50(85)59(94-32)100-61(87)67-17-16-62(3,4)18-28(67)27-10-11-35-64(7)14-13-37(63(5,6)34(64)12-15-65(35,8)66(27,9)19-36(67)72)96-60-54(99-58-49(84)44(79)40(75)31(21-69)93-58)52(29(71)22-89-60)97-57-48(83)43(78)39(74)30(20-68)92-57/h10,25,28-60,68-69,71-86H,11-24H2,1-9H3/t25-,28-,29-,30+,31+,32+,33+,34-,35+,36+,37-,38-,39+,40-,41+,42+,43-,44-,45-,46+,47+,48+,49+,50+,51+,52-,53+,54+,55+,56-,57-,58-,59-,60-,64-,65+,66+,67+/m0/s1. The van der Waals surface area contributed by atoms with Gasteiger partial charge in [-0.1, -0.05) is 60.1 Å². The fourth-order valence-corrected chi connectivity index (χ4v) is 19.3. The predicted octanol–water partition coefficient (Wildman–Crippen LogP) is -5.18. The maximum Gasteiger partial charge on any atom is 0.317 e. The number of aliphatic hydroxyl groups is 18. The van der Waals surface area contributed by atoms with Gasteiger partial charge < -0.3 is 153 Å². The number of fused-ring (bicyclic) bond motifs is 7. The zero-order valence-electron chi connectivity index (χ0n) is 57.8. The molecule has 574 valence electrons. The third-order valence-corrected chi connectivity index (χ3v) is 25.5. The molecule has 6 saturated heterocycles. The maximum absolute atomic E-state index is 15.5. The minimum Gasteiger partial charge on any atom is -0.463 e. The topological polar surface area (TPSA) is 518 Å². The second-order valence-electron chi connectivity index (χ2n) is 32.2. The van der Waals surface area contributed by atoms with Crippen LogP contribution in [0.2, 0.25) is 0 Å². The molecule has 10 fully saturated rings. The predicted molar refractivity (Wildman–Crippen MR) is 332 cm³/mol. The molecule has 33 heteroatoms. The summed E-state index contributed by atoms with van der Waals surface area (Å²) in [5.74, 6) is -2.33. The molecular formula is C67H108O33. The van der Waals surface area contributed by atoms with Gasteiger partial charge >= 0.3 is 11.9 Å². The van der Waals surface area contributed by atoms with E-state index in [9.17, 15) is 96.7 Å². The van der Waals surface area contributed by atoms with Crippen molar-refractivity contribution in [3.05, 3.63) is 11.6 Å². The van der Waals surface area contributed by atoms with Crippen molar-refractivity contribution in [1.82, 2.24) is 0 Å². The van der Waals surface area contributed by atoms with E-state index in [1.807, 2.05) is 0 Å². The van der Waals surface area contributed by atoms with Crippen molar-refractivity contribution >= 4 is 11.9 Å². The summed E-state index contributed by atoms with van der Waals surface area (Å²) in [5, 5.41) is 198. The Hall–Kier alpha value is -2.48.